The lowest BCUT2D eigenvalue weighted by atomic mass is 9.80. The first-order valence-corrected chi connectivity index (χ1v) is 10.7. The summed E-state index contributed by atoms with van der Waals surface area (Å²) in [6.45, 7) is 12.5. The molecule has 1 aromatic rings. The largest absolute Gasteiger partial charge is 0.463 e. The number of carbonyl (C=O) groups excluding carboxylic acids is 2. The van der Waals surface area contributed by atoms with Gasteiger partial charge in [0.15, 0.2) is 6.29 Å². The molecule has 7 heteroatoms. The molecule has 0 fully saturated rings. The number of rotatable bonds is 10. The third-order valence-corrected chi connectivity index (χ3v) is 4.93. The molecule has 2 rings (SSSR count). The fraction of sp³-hybridized carbons (Fsp3) is 0.500. The number of nitrogens with one attached hydrogen (secondary N) is 1. The Hall–Kier alpha value is -2.64. The van der Waals surface area contributed by atoms with Crippen molar-refractivity contribution in [3.05, 3.63) is 57.9 Å². The van der Waals surface area contributed by atoms with Gasteiger partial charge in [-0.1, -0.05) is 24.3 Å². The van der Waals surface area contributed by atoms with Crippen molar-refractivity contribution in [2.45, 2.75) is 53.8 Å². The Labute approximate surface area is 184 Å². The second-order valence-electron chi connectivity index (χ2n) is 6.99. The highest BCUT2D eigenvalue weighted by Crippen LogP contribution is 2.39. The van der Waals surface area contributed by atoms with Crippen LogP contribution in [0.5, 0.6) is 0 Å². The van der Waals surface area contributed by atoms with E-state index in [0.29, 0.717) is 35.8 Å². The van der Waals surface area contributed by atoms with Gasteiger partial charge in [-0.15, -0.1) is 0 Å². The minimum absolute atomic E-state index is 0.239. The van der Waals surface area contributed by atoms with Gasteiger partial charge >= 0.3 is 11.9 Å². The molecule has 0 atom stereocenters. The normalized spacial score (nSPS) is 14.7. The molecular formula is C24H33NO6. The van der Waals surface area contributed by atoms with Gasteiger partial charge in [0.05, 0.1) is 30.3 Å². The highest BCUT2D eigenvalue weighted by atomic mass is 16.7. The van der Waals surface area contributed by atoms with Gasteiger partial charge in [-0.3, -0.25) is 0 Å². The Morgan fingerprint density at radius 3 is 1.65 bits per heavy atom. The number of hydrogen-bond donors (Lipinski definition) is 1. The lowest BCUT2D eigenvalue weighted by Crippen LogP contribution is -2.32. The zero-order chi connectivity index (χ0) is 23.0. The molecule has 31 heavy (non-hydrogen) atoms. The van der Waals surface area contributed by atoms with Gasteiger partial charge in [-0.05, 0) is 47.1 Å². The van der Waals surface area contributed by atoms with Crippen LogP contribution < -0.4 is 5.32 Å². The van der Waals surface area contributed by atoms with E-state index in [2.05, 4.69) is 5.32 Å². The van der Waals surface area contributed by atoms with E-state index in [1.54, 1.807) is 27.7 Å². The van der Waals surface area contributed by atoms with Crippen molar-refractivity contribution in [2.75, 3.05) is 26.4 Å². The molecule has 1 N–H and O–H groups in total. The van der Waals surface area contributed by atoms with Crippen LogP contribution in [-0.2, 0) is 28.5 Å². The Morgan fingerprint density at radius 2 is 1.26 bits per heavy atom. The van der Waals surface area contributed by atoms with E-state index in [4.69, 9.17) is 18.9 Å². The quantitative estimate of drug-likeness (QED) is 0.441. The number of hydrogen-bond acceptors (Lipinski definition) is 7. The Kier molecular flexibility index (Phi) is 9.27. The second kappa shape index (κ2) is 11.7. The summed E-state index contributed by atoms with van der Waals surface area (Å²) in [5.41, 5.74) is 3.74. The van der Waals surface area contributed by atoms with Gasteiger partial charge in [-0.2, -0.15) is 0 Å². The maximum Gasteiger partial charge on any atom is 0.336 e. The first-order valence-electron chi connectivity index (χ1n) is 10.7. The summed E-state index contributed by atoms with van der Waals surface area (Å²) in [4.78, 5) is 25.7. The van der Waals surface area contributed by atoms with Gasteiger partial charge in [0, 0.05) is 30.2 Å². The molecule has 0 radical (unpaired) electrons. The molecular weight excluding hydrogens is 398 g/mol. The van der Waals surface area contributed by atoms with Gasteiger partial charge in [0.25, 0.3) is 0 Å². The molecule has 0 saturated carbocycles. The second-order valence-corrected chi connectivity index (χ2v) is 6.99. The minimum atomic E-state index is -0.606. The topological polar surface area (TPSA) is 83.1 Å². The summed E-state index contributed by atoms with van der Waals surface area (Å²) in [7, 11) is 0. The van der Waals surface area contributed by atoms with E-state index in [0.717, 1.165) is 11.1 Å². The van der Waals surface area contributed by atoms with Crippen LogP contribution in [0.3, 0.4) is 0 Å². The van der Waals surface area contributed by atoms with Crippen LogP contribution in [0.25, 0.3) is 0 Å². The Morgan fingerprint density at radius 1 is 0.806 bits per heavy atom. The average molecular weight is 432 g/mol. The van der Waals surface area contributed by atoms with E-state index < -0.39 is 24.1 Å². The highest BCUT2D eigenvalue weighted by molar-refractivity contribution is 5.99. The molecule has 0 aromatic heterocycles. The van der Waals surface area contributed by atoms with Crippen molar-refractivity contribution >= 4 is 11.9 Å². The zero-order valence-corrected chi connectivity index (χ0v) is 19.2. The Balaban J connectivity index is 2.54. The van der Waals surface area contributed by atoms with Crippen LogP contribution in [0, 0.1) is 0 Å². The molecule has 1 aliphatic heterocycles. The molecule has 170 valence electrons. The fourth-order valence-corrected chi connectivity index (χ4v) is 3.68. The van der Waals surface area contributed by atoms with Crippen LogP contribution in [0.1, 0.15) is 64.9 Å². The first-order chi connectivity index (χ1) is 14.9. The monoisotopic (exact) mass is 431 g/mol. The van der Waals surface area contributed by atoms with Crippen molar-refractivity contribution in [1.29, 1.82) is 0 Å². The summed E-state index contributed by atoms with van der Waals surface area (Å²) in [6.07, 6.45) is -0.472. The predicted molar refractivity (Wildman–Crippen MR) is 117 cm³/mol. The molecule has 0 aliphatic carbocycles. The summed E-state index contributed by atoms with van der Waals surface area (Å²) >= 11 is 0. The zero-order valence-electron chi connectivity index (χ0n) is 19.2. The molecule has 0 amide bonds. The minimum Gasteiger partial charge on any atom is -0.463 e. The molecule has 0 bridgehead atoms. The number of dihydropyridines is 1. The van der Waals surface area contributed by atoms with Gasteiger partial charge < -0.3 is 24.3 Å². The third kappa shape index (κ3) is 5.74. The smallest absolute Gasteiger partial charge is 0.336 e. The van der Waals surface area contributed by atoms with Crippen LogP contribution in [0.2, 0.25) is 0 Å². The molecule has 7 nitrogen and oxygen atoms in total. The molecule has 1 aliphatic rings. The van der Waals surface area contributed by atoms with E-state index in [1.165, 1.54) is 0 Å². The predicted octanol–water partition coefficient (Wildman–Crippen LogP) is 4.12. The van der Waals surface area contributed by atoms with Crippen LogP contribution in [0.4, 0.5) is 0 Å². The molecule has 0 unspecified atom stereocenters. The van der Waals surface area contributed by atoms with Gasteiger partial charge in [0.1, 0.15) is 0 Å². The number of esters is 2. The Bertz CT molecular complexity index is 794. The maximum atomic E-state index is 12.8. The van der Waals surface area contributed by atoms with E-state index in [9.17, 15) is 9.59 Å². The first kappa shape index (κ1) is 24.6. The molecule has 0 saturated heterocycles. The number of allylic oxidation sites excluding steroid dienone is 2. The molecule has 1 aromatic carbocycles. The van der Waals surface area contributed by atoms with Crippen molar-refractivity contribution < 1.29 is 28.5 Å². The van der Waals surface area contributed by atoms with Gasteiger partial charge in [0.2, 0.25) is 0 Å². The average Bonchev–Trinajstić information content (AvgIpc) is 2.73. The van der Waals surface area contributed by atoms with Crippen LogP contribution >= 0.6 is 0 Å². The standard InChI is InChI=1S/C24H33NO6/c1-7-28-22(26)19-15(5)25-16(6)20(23(27)29-8-2)21(19)17-11-13-18(14-12-17)24(30-9-3)31-10-4/h11-14,21,24-25H,7-10H2,1-6H3. The van der Waals surface area contributed by atoms with E-state index >= 15 is 0 Å². The van der Waals surface area contributed by atoms with Crippen molar-refractivity contribution in [2.24, 2.45) is 0 Å². The van der Waals surface area contributed by atoms with Crippen LogP contribution in [-0.4, -0.2) is 38.4 Å². The summed E-state index contributed by atoms with van der Waals surface area (Å²) in [5, 5.41) is 3.14. The van der Waals surface area contributed by atoms with Crippen molar-refractivity contribution in [3.63, 3.8) is 0 Å². The lowest BCUT2D eigenvalue weighted by Gasteiger charge is -2.30. The maximum absolute atomic E-state index is 12.8. The number of carbonyl (C=O) groups is 2. The summed E-state index contributed by atoms with van der Waals surface area (Å²) in [6, 6.07) is 7.55. The third-order valence-electron chi connectivity index (χ3n) is 4.93. The summed E-state index contributed by atoms with van der Waals surface area (Å²) in [5.74, 6) is -1.53. The molecule has 1 heterocycles. The van der Waals surface area contributed by atoms with E-state index in [1.807, 2.05) is 38.1 Å². The summed E-state index contributed by atoms with van der Waals surface area (Å²) < 4.78 is 21.9. The lowest BCUT2D eigenvalue weighted by molar-refractivity contribution is -0.140. The fourth-order valence-electron chi connectivity index (χ4n) is 3.68. The molecule has 0 spiro atoms. The van der Waals surface area contributed by atoms with Crippen molar-refractivity contribution in [1.82, 2.24) is 5.32 Å². The van der Waals surface area contributed by atoms with Gasteiger partial charge in [-0.25, -0.2) is 9.59 Å². The number of ether oxygens (including phenoxy) is 4. The number of benzene rings is 1. The van der Waals surface area contributed by atoms with E-state index in [-0.39, 0.29) is 13.2 Å². The highest BCUT2D eigenvalue weighted by Gasteiger charge is 2.37. The van der Waals surface area contributed by atoms with Crippen LogP contribution in [0.15, 0.2) is 46.8 Å². The van der Waals surface area contributed by atoms with Crippen molar-refractivity contribution in [3.8, 4) is 0 Å². The SMILES string of the molecule is CCOC(=O)C1=C(C)NC(C)=C(C(=O)OCC)C1c1ccc(C(OCC)OCC)cc1.